The summed E-state index contributed by atoms with van der Waals surface area (Å²) in [6.45, 7) is 9.52. The Morgan fingerprint density at radius 1 is 1.13 bits per heavy atom. The Labute approximate surface area is 91.8 Å². The lowest BCUT2D eigenvalue weighted by atomic mass is 10.0. The molecule has 4 heteroatoms. The van der Waals surface area contributed by atoms with Crippen LogP contribution in [0.5, 0.6) is 0 Å². The third-order valence-corrected chi connectivity index (χ3v) is 1.97. The van der Waals surface area contributed by atoms with E-state index in [9.17, 15) is 9.59 Å². The van der Waals surface area contributed by atoms with Crippen molar-refractivity contribution in [3.8, 4) is 0 Å². The molecule has 0 aromatic rings. The average Bonchev–Trinajstić information content (AvgIpc) is 2.09. The predicted molar refractivity (Wildman–Crippen MR) is 60.6 cm³/mol. The van der Waals surface area contributed by atoms with Crippen LogP contribution in [0.2, 0.25) is 0 Å². The zero-order chi connectivity index (χ0) is 12.0. The minimum atomic E-state index is -0.232. The van der Waals surface area contributed by atoms with Crippen LogP contribution in [-0.4, -0.2) is 30.3 Å². The number of hydrogen-bond donors (Lipinski definition) is 2. The molecule has 0 bridgehead atoms. The number of amides is 1. The van der Waals surface area contributed by atoms with Gasteiger partial charge in [0.05, 0.1) is 12.6 Å². The second-order valence-corrected chi connectivity index (χ2v) is 4.46. The molecule has 0 fully saturated rings. The first-order valence-electron chi connectivity index (χ1n) is 5.37. The molecule has 15 heavy (non-hydrogen) atoms. The van der Waals surface area contributed by atoms with E-state index in [0.717, 1.165) is 0 Å². The van der Waals surface area contributed by atoms with Gasteiger partial charge in [-0.05, 0) is 12.8 Å². The summed E-state index contributed by atoms with van der Waals surface area (Å²) < 4.78 is 0. The molecule has 4 nitrogen and oxygen atoms in total. The molecule has 0 aliphatic heterocycles. The lowest BCUT2D eigenvalue weighted by Crippen LogP contribution is -2.50. The Bertz CT molecular complexity index is 225. The van der Waals surface area contributed by atoms with Gasteiger partial charge < -0.3 is 10.6 Å². The molecule has 1 atom stereocenters. The molecule has 0 unspecified atom stereocenters. The van der Waals surface area contributed by atoms with E-state index in [1.54, 1.807) is 0 Å². The fourth-order valence-corrected chi connectivity index (χ4v) is 1.25. The summed E-state index contributed by atoms with van der Waals surface area (Å²) in [5, 5.41) is 5.80. The van der Waals surface area contributed by atoms with Crippen LogP contribution in [0, 0.1) is 5.92 Å². The van der Waals surface area contributed by atoms with Gasteiger partial charge in [0.15, 0.2) is 0 Å². The van der Waals surface area contributed by atoms with E-state index in [1.807, 2.05) is 27.7 Å². The molecule has 0 radical (unpaired) electrons. The molecule has 0 aromatic carbocycles. The van der Waals surface area contributed by atoms with Crippen LogP contribution in [-0.2, 0) is 9.59 Å². The first-order chi connectivity index (χ1) is 6.84. The van der Waals surface area contributed by atoms with Gasteiger partial charge in [-0.25, -0.2) is 0 Å². The smallest absolute Gasteiger partial charge is 0.237 e. The van der Waals surface area contributed by atoms with Gasteiger partial charge in [0.2, 0.25) is 5.91 Å². The van der Waals surface area contributed by atoms with Crippen molar-refractivity contribution in [3.63, 3.8) is 0 Å². The topological polar surface area (TPSA) is 58.2 Å². The van der Waals surface area contributed by atoms with Crippen LogP contribution in [0.3, 0.4) is 0 Å². The summed E-state index contributed by atoms with van der Waals surface area (Å²) in [4.78, 5) is 22.4. The number of ketones is 1. The van der Waals surface area contributed by atoms with Crippen molar-refractivity contribution in [2.45, 2.75) is 46.7 Å². The van der Waals surface area contributed by atoms with E-state index in [4.69, 9.17) is 0 Å². The number of hydrogen-bond acceptors (Lipinski definition) is 3. The van der Waals surface area contributed by atoms with Gasteiger partial charge in [0.25, 0.3) is 0 Å². The third-order valence-electron chi connectivity index (χ3n) is 1.97. The second kappa shape index (κ2) is 6.56. The Kier molecular flexibility index (Phi) is 6.17. The van der Waals surface area contributed by atoms with E-state index >= 15 is 0 Å². The zero-order valence-corrected chi connectivity index (χ0v) is 10.3. The molecular weight excluding hydrogens is 192 g/mol. The molecule has 0 saturated heterocycles. The van der Waals surface area contributed by atoms with Gasteiger partial charge in [-0.3, -0.25) is 9.59 Å². The monoisotopic (exact) mass is 214 g/mol. The first kappa shape index (κ1) is 14.1. The number of carbonyl (C=O) groups is 2. The van der Waals surface area contributed by atoms with Crippen molar-refractivity contribution in [3.05, 3.63) is 0 Å². The summed E-state index contributed by atoms with van der Waals surface area (Å²) in [6, 6.07) is 0.0184. The second-order valence-electron chi connectivity index (χ2n) is 4.46. The standard InChI is InChI=1S/C11H22N2O2/c1-7(2)10(13-8(3)4)11(15)12-6-9(5)14/h7-8,10,13H,6H2,1-5H3,(H,12,15)/t10-/m0/s1. The Morgan fingerprint density at radius 3 is 2.00 bits per heavy atom. The minimum Gasteiger partial charge on any atom is -0.348 e. The highest BCUT2D eigenvalue weighted by atomic mass is 16.2. The zero-order valence-electron chi connectivity index (χ0n) is 10.3. The third kappa shape index (κ3) is 6.23. The summed E-state index contributed by atoms with van der Waals surface area (Å²) in [5.74, 6) is 0.0728. The van der Waals surface area contributed by atoms with Crippen molar-refractivity contribution < 1.29 is 9.59 Å². The molecule has 0 aliphatic carbocycles. The van der Waals surface area contributed by atoms with E-state index < -0.39 is 0 Å². The average molecular weight is 214 g/mol. The highest BCUT2D eigenvalue weighted by molar-refractivity contribution is 5.87. The van der Waals surface area contributed by atoms with E-state index in [0.29, 0.717) is 0 Å². The molecule has 1 amide bonds. The molecule has 0 aliphatic rings. The van der Waals surface area contributed by atoms with Crippen LogP contribution in [0.25, 0.3) is 0 Å². The predicted octanol–water partition coefficient (Wildman–Crippen LogP) is 0.714. The molecule has 0 aromatic heterocycles. The van der Waals surface area contributed by atoms with Gasteiger partial charge in [0, 0.05) is 6.04 Å². The number of carbonyl (C=O) groups excluding carboxylic acids is 2. The van der Waals surface area contributed by atoms with Gasteiger partial charge >= 0.3 is 0 Å². The lowest BCUT2D eigenvalue weighted by Gasteiger charge is -2.23. The van der Waals surface area contributed by atoms with E-state index in [-0.39, 0.29) is 36.2 Å². The highest BCUT2D eigenvalue weighted by Crippen LogP contribution is 2.02. The molecule has 0 rings (SSSR count). The summed E-state index contributed by atoms with van der Waals surface area (Å²) in [7, 11) is 0. The number of Topliss-reactive ketones (excluding diaryl/α,β-unsaturated/α-hetero) is 1. The maximum atomic E-state index is 11.7. The van der Waals surface area contributed by atoms with Gasteiger partial charge in [-0.15, -0.1) is 0 Å². The maximum Gasteiger partial charge on any atom is 0.237 e. The fraction of sp³-hybridized carbons (Fsp3) is 0.818. The Hall–Kier alpha value is -0.900. The SMILES string of the molecule is CC(=O)CNC(=O)[C@@H](NC(C)C)C(C)C. The Balaban J connectivity index is 4.23. The van der Waals surface area contributed by atoms with Crippen LogP contribution < -0.4 is 10.6 Å². The fourth-order valence-electron chi connectivity index (χ4n) is 1.25. The minimum absolute atomic E-state index is 0.0320. The van der Waals surface area contributed by atoms with Crippen LogP contribution in [0.4, 0.5) is 0 Å². The summed E-state index contributed by atoms with van der Waals surface area (Å²) in [6.07, 6.45) is 0. The van der Waals surface area contributed by atoms with Crippen molar-refractivity contribution in [2.24, 2.45) is 5.92 Å². The van der Waals surface area contributed by atoms with Crippen molar-refractivity contribution in [1.29, 1.82) is 0 Å². The van der Waals surface area contributed by atoms with Crippen molar-refractivity contribution in [2.75, 3.05) is 6.54 Å². The first-order valence-corrected chi connectivity index (χ1v) is 5.37. The van der Waals surface area contributed by atoms with Gasteiger partial charge in [0.1, 0.15) is 5.78 Å². The van der Waals surface area contributed by atoms with Gasteiger partial charge in [-0.1, -0.05) is 27.7 Å². The normalized spacial score (nSPS) is 13.0. The molecule has 88 valence electrons. The molecule has 0 heterocycles. The highest BCUT2D eigenvalue weighted by Gasteiger charge is 2.22. The van der Waals surface area contributed by atoms with Gasteiger partial charge in [-0.2, -0.15) is 0 Å². The summed E-state index contributed by atoms with van der Waals surface area (Å²) in [5.41, 5.74) is 0. The Morgan fingerprint density at radius 2 is 1.67 bits per heavy atom. The number of nitrogens with one attached hydrogen (secondary N) is 2. The molecule has 0 saturated carbocycles. The van der Waals surface area contributed by atoms with E-state index in [2.05, 4.69) is 10.6 Å². The van der Waals surface area contributed by atoms with Crippen molar-refractivity contribution in [1.82, 2.24) is 10.6 Å². The maximum absolute atomic E-state index is 11.7. The lowest BCUT2D eigenvalue weighted by molar-refractivity contribution is -0.126. The number of rotatable bonds is 6. The van der Waals surface area contributed by atoms with E-state index in [1.165, 1.54) is 6.92 Å². The van der Waals surface area contributed by atoms with Crippen LogP contribution in [0.15, 0.2) is 0 Å². The van der Waals surface area contributed by atoms with Crippen LogP contribution >= 0.6 is 0 Å². The van der Waals surface area contributed by atoms with Crippen LogP contribution in [0.1, 0.15) is 34.6 Å². The summed E-state index contributed by atoms with van der Waals surface area (Å²) >= 11 is 0. The largest absolute Gasteiger partial charge is 0.348 e. The molecular formula is C11H22N2O2. The quantitative estimate of drug-likeness (QED) is 0.685. The molecule has 0 spiro atoms. The molecule has 2 N–H and O–H groups in total. The van der Waals surface area contributed by atoms with Crippen molar-refractivity contribution >= 4 is 11.7 Å².